The summed E-state index contributed by atoms with van der Waals surface area (Å²) in [4.78, 5) is 27.2. The average Bonchev–Trinajstić information content (AvgIpc) is 2.51. The molecule has 23 heavy (non-hydrogen) atoms. The summed E-state index contributed by atoms with van der Waals surface area (Å²) in [5, 5.41) is 2.94. The van der Waals surface area contributed by atoms with Crippen LogP contribution in [-0.4, -0.2) is 35.8 Å². The van der Waals surface area contributed by atoms with Crippen LogP contribution in [0.5, 0.6) is 0 Å². The number of nitrogens with zero attached hydrogens (tertiary/aromatic N) is 1. The van der Waals surface area contributed by atoms with Crippen LogP contribution in [0.3, 0.4) is 0 Å². The molecule has 2 rings (SSSR count). The number of nitrogens with one attached hydrogen (secondary N) is 1. The third-order valence-electron chi connectivity index (χ3n) is 4.47. The Labute approximate surface area is 139 Å². The molecule has 0 saturated carbocycles. The molecule has 1 aliphatic heterocycles. The second-order valence-electron chi connectivity index (χ2n) is 7.10. The highest BCUT2D eigenvalue weighted by atomic mass is 16.2. The van der Waals surface area contributed by atoms with Gasteiger partial charge in [0.25, 0.3) is 5.91 Å². The smallest absolute Gasteiger partial charge is 0.251 e. The third-order valence-corrected chi connectivity index (χ3v) is 4.47. The van der Waals surface area contributed by atoms with Crippen molar-refractivity contribution in [2.45, 2.75) is 46.6 Å². The Kier molecular flexibility index (Phi) is 5.80. The van der Waals surface area contributed by atoms with Crippen LogP contribution >= 0.6 is 0 Å². The van der Waals surface area contributed by atoms with Crippen molar-refractivity contribution in [2.75, 3.05) is 13.1 Å². The highest BCUT2D eigenvalue weighted by Crippen LogP contribution is 2.18. The molecule has 0 aromatic heterocycles. The fourth-order valence-corrected chi connectivity index (χ4v) is 3.11. The molecule has 0 bridgehead atoms. The fraction of sp³-hybridized carbons (Fsp3) is 0.579. The quantitative estimate of drug-likeness (QED) is 0.928. The molecule has 1 aliphatic rings. The van der Waals surface area contributed by atoms with Crippen LogP contribution in [0.25, 0.3) is 0 Å². The first kappa shape index (κ1) is 17.5. The summed E-state index contributed by atoms with van der Waals surface area (Å²) in [5.74, 6) is 0.472. The maximum absolute atomic E-state index is 12.8. The summed E-state index contributed by atoms with van der Waals surface area (Å²) in [7, 11) is 0. The van der Waals surface area contributed by atoms with E-state index in [-0.39, 0.29) is 17.7 Å². The van der Waals surface area contributed by atoms with Gasteiger partial charge < -0.3 is 10.2 Å². The van der Waals surface area contributed by atoms with Crippen molar-refractivity contribution in [3.63, 3.8) is 0 Å². The molecule has 1 aromatic rings. The summed E-state index contributed by atoms with van der Waals surface area (Å²) < 4.78 is 0. The number of likely N-dealkylation sites (tertiary alicyclic amines) is 1. The predicted molar refractivity (Wildman–Crippen MR) is 92.2 cm³/mol. The fourth-order valence-electron chi connectivity index (χ4n) is 3.11. The summed E-state index contributed by atoms with van der Waals surface area (Å²) in [6, 6.07) is 6.99. The van der Waals surface area contributed by atoms with Crippen molar-refractivity contribution < 1.29 is 9.59 Å². The van der Waals surface area contributed by atoms with E-state index in [2.05, 4.69) is 12.2 Å². The van der Waals surface area contributed by atoms with Gasteiger partial charge in [-0.2, -0.15) is 0 Å². The van der Waals surface area contributed by atoms with Crippen molar-refractivity contribution >= 4 is 11.8 Å². The van der Waals surface area contributed by atoms with Gasteiger partial charge in [-0.15, -0.1) is 0 Å². The average molecular weight is 316 g/mol. The molecule has 1 fully saturated rings. The number of hydrogen-bond acceptors (Lipinski definition) is 2. The van der Waals surface area contributed by atoms with Crippen LogP contribution in [0, 0.1) is 18.8 Å². The Bertz CT molecular complexity index is 568. The van der Waals surface area contributed by atoms with Crippen LogP contribution in [0.4, 0.5) is 0 Å². The Morgan fingerprint density at radius 3 is 2.65 bits per heavy atom. The van der Waals surface area contributed by atoms with E-state index in [1.54, 1.807) is 6.07 Å². The Hall–Kier alpha value is -1.84. The van der Waals surface area contributed by atoms with E-state index < -0.39 is 6.04 Å². The van der Waals surface area contributed by atoms with E-state index in [1.165, 1.54) is 6.42 Å². The summed E-state index contributed by atoms with van der Waals surface area (Å²) in [5.41, 5.74) is 1.64. The molecule has 1 aromatic carbocycles. The molecule has 2 amide bonds. The molecule has 0 aliphatic carbocycles. The maximum Gasteiger partial charge on any atom is 0.251 e. The number of carbonyl (C=O) groups excluding carboxylic acids is 2. The van der Waals surface area contributed by atoms with Gasteiger partial charge in [-0.05, 0) is 43.7 Å². The van der Waals surface area contributed by atoms with Gasteiger partial charge in [-0.1, -0.05) is 38.5 Å². The Balaban J connectivity index is 2.09. The standard InChI is InChI=1S/C19H28N2O2/c1-13(2)17(19(23)21-10-6-8-15(4)12-21)20-18(22)16-9-5-7-14(3)11-16/h5,7,9,11,13,15,17H,6,8,10,12H2,1-4H3,(H,20,22). The van der Waals surface area contributed by atoms with Gasteiger partial charge in [0, 0.05) is 18.7 Å². The van der Waals surface area contributed by atoms with E-state index in [0.29, 0.717) is 11.5 Å². The van der Waals surface area contributed by atoms with Gasteiger partial charge in [0.2, 0.25) is 5.91 Å². The molecule has 1 N–H and O–H groups in total. The van der Waals surface area contributed by atoms with E-state index in [1.807, 2.05) is 43.9 Å². The Morgan fingerprint density at radius 2 is 2.04 bits per heavy atom. The minimum atomic E-state index is -0.465. The third kappa shape index (κ3) is 4.57. The van der Waals surface area contributed by atoms with Crippen LogP contribution in [0.15, 0.2) is 24.3 Å². The largest absolute Gasteiger partial charge is 0.341 e. The lowest BCUT2D eigenvalue weighted by Gasteiger charge is -2.35. The number of carbonyl (C=O) groups is 2. The lowest BCUT2D eigenvalue weighted by Crippen LogP contribution is -2.53. The SMILES string of the molecule is Cc1cccc(C(=O)NC(C(=O)N2CCCC(C)C2)C(C)C)c1. The Morgan fingerprint density at radius 1 is 1.30 bits per heavy atom. The molecule has 0 spiro atoms. The molecule has 1 heterocycles. The van der Waals surface area contributed by atoms with Crippen molar-refractivity contribution in [1.82, 2.24) is 10.2 Å². The van der Waals surface area contributed by atoms with E-state index in [0.717, 1.165) is 25.1 Å². The molecular weight excluding hydrogens is 288 g/mol. The zero-order valence-corrected chi connectivity index (χ0v) is 14.6. The summed E-state index contributed by atoms with van der Waals surface area (Å²) >= 11 is 0. The zero-order chi connectivity index (χ0) is 17.0. The molecule has 2 unspecified atom stereocenters. The zero-order valence-electron chi connectivity index (χ0n) is 14.6. The van der Waals surface area contributed by atoms with Gasteiger partial charge in [0.1, 0.15) is 6.04 Å². The van der Waals surface area contributed by atoms with E-state index in [4.69, 9.17) is 0 Å². The molecule has 1 saturated heterocycles. The lowest BCUT2D eigenvalue weighted by molar-refractivity contribution is -0.136. The summed E-state index contributed by atoms with van der Waals surface area (Å²) in [6.45, 7) is 9.68. The number of benzene rings is 1. The molecule has 2 atom stereocenters. The first-order valence-electron chi connectivity index (χ1n) is 8.54. The van der Waals surface area contributed by atoms with Crippen molar-refractivity contribution in [3.05, 3.63) is 35.4 Å². The second kappa shape index (κ2) is 7.62. The first-order chi connectivity index (χ1) is 10.9. The van der Waals surface area contributed by atoms with Crippen molar-refractivity contribution in [1.29, 1.82) is 0 Å². The summed E-state index contributed by atoms with van der Waals surface area (Å²) in [6.07, 6.45) is 2.22. The molecule has 0 radical (unpaired) electrons. The van der Waals surface area contributed by atoms with Gasteiger partial charge >= 0.3 is 0 Å². The second-order valence-corrected chi connectivity index (χ2v) is 7.10. The lowest BCUT2D eigenvalue weighted by atomic mass is 9.97. The number of piperidine rings is 1. The molecule has 4 nitrogen and oxygen atoms in total. The number of hydrogen-bond donors (Lipinski definition) is 1. The molecule has 4 heteroatoms. The highest BCUT2D eigenvalue weighted by molar-refractivity contribution is 5.97. The number of aryl methyl sites for hydroxylation is 1. The predicted octanol–water partition coefficient (Wildman–Crippen LogP) is 3.01. The number of rotatable bonds is 4. The first-order valence-corrected chi connectivity index (χ1v) is 8.54. The number of amides is 2. The van der Waals surface area contributed by atoms with Crippen LogP contribution in [0.1, 0.15) is 49.5 Å². The van der Waals surface area contributed by atoms with E-state index >= 15 is 0 Å². The van der Waals surface area contributed by atoms with Gasteiger partial charge in [-0.25, -0.2) is 0 Å². The van der Waals surface area contributed by atoms with Gasteiger partial charge in [0.15, 0.2) is 0 Å². The molecular formula is C19H28N2O2. The monoisotopic (exact) mass is 316 g/mol. The maximum atomic E-state index is 12.8. The minimum absolute atomic E-state index is 0.0487. The van der Waals surface area contributed by atoms with Crippen LogP contribution in [0.2, 0.25) is 0 Å². The van der Waals surface area contributed by atoms with Gasteiger partial charge in [0.05, 0.1) is 0 Å². The van der Waals surface area contributed by atoms with Crippen LogP contribution < -0.4 is 5.32 Å². The molecule has 126 valence electrons. The van der Waals surface area contributed by atoms with Crippen molar-refractivity contribution in [3.8, 4) is 0 Å². The normalized spacial score (nSPS) is 19.5. The van der Waals surface area contributed by atoms with Gasteiger partial charge in [-0.3, -0.25) is 9.59 Å². The topological polar surface area (TPSA) is 49.4 Å². The van der Waals surface area contributed by atoms with E-state index in [9.17, 15) is 9.59 Å². The van der Waals surface area contributed by atoms with Crippen LogP contribution in [-0.2, 0) is 4.79 Å². The minimum Gasteiger partial charge on any atom is -0.341 e. The highest BCUT2D eigenvalue weighted by Gasteiger charge is 2.30. The van der Waals surface area contributed by atoms with Crippen molar-refractivity contribution in [2.24, 2.45) is 11.8 Å².